The second kappa shape index (κ2) is 11.6. The molecule has 1 aromatic carbocycles. The smallest absolute Gasteiger partial charge is 0.279 e. The van der Waals surface area contributed by atoms with Gasteiger partial charge in [0.2, 0.25) is 0 Å². The van der Waals surface area contributed by atoms with E-state index in [2.05, 4.69) is 16.9 Å². The van der Waals surface area contributed by atoms with Gasteiger partial charge < -0.3 is 14.3 Å². The SMILES string of the molecule is CCCCCCC(C(C)OS(C)(=O)=O)n1cnc2c(=O)[nH]c(-c3ccccc3OCCC)nc21. The molecule has 0 aliphatic carbocycles. The van der Waals surface area contributed by atoms with Gasteiger partial charge in [-0.1, -0.05) is 51.7 Å². The molecule has 0 bridgehead atoms. The van der Waals surface area contributed by atoms with E-state index in [4.69, 9.17) is 13.9 Å². The molecule has 2 atom stereocenters. The van der Waals surface area contributed by atoms with E-state index in [0.717, 1.165) is 38.4 Å². The third-order valence-corrected chi connectivity index (χ3v) is 6.27. The van der Waals surface area contributed by atoms with Crippen LogP contribution in [0.4, 0.5) is 0 Å². The van der Waals surface area contributed by atoms with Crippen LogP contribution >= 0.6 is 0 Å². The van der Waals surface area contributed by atoms with E-state index in [-0.39, 0.29) is 17.1 Å². The molecule has 2 heterocycles. The number of fused-ring (bicyclic) bond motifs is 1. The highest BCUT2D eigenvalue weighted by atomic mass is 32.2. The van der Waals surface area contributed by atoms with E-state index >= 15 is 0 Å². The van der Waals surface area contributed by atoms with Crippen LogP contribution in [-0.4, -0.2) is 46.9 Å². The lowest BCUT2D eigenvalue weighted by Crippen LogP contribution is -2.27. The minimum absolute atomic E-state index is 0.195. The largest absolute Gasteiger partial charge is 0.493 e. The number of aromatic nitrogens is 4. The monoisotopic (exact) mass is 490 g/mol. The average molecular weight is 491 g/mol. The zero-order chi connectivity index (χ0) is 24.7. The second-order valence-electron chi connectivity index (χ2n) is 8.51. The van der Waals surface area contributed by atoms with Gasteiger partial charge in [0, 0.05) is 0 Å². The Bertz CT molecular complexity index is 1250. The molecule has 0 saturated carbocycles. The maximum absolute atomic E-state index is 12.9. The van der Waals surface area contributed by atoms with Crippen LogP contribution in [0.3, 0.4) is 0 Å². The highest BCUT2D eigenvalue weighted by Gasteiger charge is 2.26. The Hall–Kier alpha value is -2.72. The summed E-state index contributed by atoms with van der Waals surface area (Å²) in [5.41, 5.74) is 0.877. The summed E-state index contributed by atoms with van der Waals surface area (Å²) in [6, 6.07) is 7.05. The molecule has 10 heteroatoms. The summed E-state index contributed by atoms with van der Waals surface area (Å²) < 4.78 is 36.6. The van der Waals surface area contributed by atoms with Crippen molar-refractivity contribution in [2.24, 2.45) is 0 Å². The van der Waals surface area contributed by atoms with Crippen molar-refractivity contribution in [1.82, 2.24) is 19.5 Å². The predicted octanol–water partition coefficient (Wildman–Crippen LogP) is 4.45. The van der Waals surface area contributed by atoms with E-state index in [9.17, 15) is 13.2 Å². The summed E-state index contributed by atoms with van der Waals surface area (Å²) in [7, 11) is -3.66. The summed E-state index contributed by atoms with van der Waals surface area (Å²) in [5, 5.41) is 0. The normalized spacial score (nSPS) is 13.8. The van der Waals surface area contributed by atoms with Crippen LogP contribution in [0.1, 0.15) is 65.3 Å². The van der Waals surface area contributed by atoms with E-state index < -0.39 is 16.2 Å². The first-order valence-corrected chi connectivity index (χ1v) is 13.6. The second-order valence-corrected chi connectivity index (χ2v) is 10.1. The number of unbranched alkanes of at least 4 members (excludes halogenated alkanes) is 3. The summed E-state index contributed by atoms with van der Waals surface area (Å²) >= 11 is 0. The fourth-order valence-electron chi connectivity index (χ4n) is 4.02. The summed E-state index contributed by atoms with van der Waals surface area (Å²) in [6.07, 6.45) is 7.54. The molecular formula is C24H34N4O5S. The Morgan fingerprint density at radius 1 is 1.12 bits per heavy atom. The van der Waals surface area contributed by atoms with Crippen LogP contribution in [0.25, 0.3) is 22.6 Å². The third kappa shape index (κ3) is 6.44. The minimum atomic E-state index is -3.66. The Kier molecular flexibility index (Phi) is 8.84. The zero-order valence-electron chi connectivity index (χ0n) is 20.3. The number of H-pyrrole nitrogens is 1. The third-order valence-electron chi connectivity index (χ3n) is 5.62. The molecule has 0 fully saturated rings. The molecule has 0 spiro atoms. The molecule has 0 aliphatic heterocycles. The van der Waals surface area contributed by atoms with Crippen molar-refractivity contribution < 1.29 is 17.3 Å². The molecule has 3 aromatic rings. The number of nitrogens with zero attached hydrogens (tertiary/aromatic N) is 3. The number of hydrogen-bond acceptors (Lipinski definition) is 7. The lowest BCUT2D eigenvalue weighted by molar-refractivity contribution is 0.156. The maximum Gasteiger partial charge on any atom is 0.279 e. The topological polar surface area (TPSA) is 116 Å². The standard InChI is InChI=1S/C24H34N4O5S/c1-5-7-8-9-13-19(17(3)33-34(4,30)31)28-16-25-21-23(28)26-22(27-24(21)29)18-12-10-11-14-20(18)32-15-6-2/h10-12,14,16-17,19H,5-9,13,15H2,1-4H3,(H,26,27,29). The van der Waals surface area contributed by atoms with Gasteiger partial charge in [0.15, 0.2) is 11.2 Å². The minimum Gasteiger partial charge on any atom is -0.493 e. The number of nitrogens with one attached hydrogen (secondary N) is 1. The lowest BCUT2D eigenvalue weighted by Gasteiger charge is -2.25. The highest BCUT2D eigenvalue weighted by Crippen LogP contribution is 2.30. The molecule has 9 nitrogen and oxygen atoms in total. The Morgan fingerprint density at radius 2 is 1.88 bits per heavy atom. The Balaban J connectivity index is 2.07. The van der Waals surface area contributed by atoms with Crippen molar-refractivity contribution in [1.29, 1.82) is 0 Å². The first kappa shape index (κ1) is 25.9. The predicted molar refractivity (Wildman–Crippen MR) is 133 cm³/mol. The van der Waals surface area contributed by atoms with Crippen LogP contribution in [-0.2, 0) is 14.3 Å². The number of para-hydroxylation sites is 1. The van der Waals surface area contributed by atoms with Crippen molar-refractivity contribution in [3.63, 3.8) is 0 Å². The van der Waals surface area contributed by atoms with Gasteiger partial charge in [-0.15, -0.1) is 0 Å². The van der Waals surface area contributed by atoms with Crippen molar-refractivity contribution in [3.05, 3.63) is 40.9 Å². The average Bonchev–Trinajstić information content (AvgIpc) is 3.21. The Labute approximate surface area is 200 Å². The van der Waals surface area contributed by atoms with E-state index in [1.165, 1.54) is 0 Å². The molecule has 2 aromatic heterocycles. The number of rotatable bonds is 13. The van der Waals surface area contributed by atoms with Gasteiger partial charge >= 0.3 is 0 Å². The van der Waals surface area contributed by atoms with Gasteiger partial charge in [-0.2, -0.15) is 8.42 Å². The van der Waals surface area contributed by atoms with Crippen LogP contribution in [0, 0.1) is 0 Å². The summed E-state index contributed by atoms with van der Waals surface area (Å²) in [4.78, 5) is 24.7. The van der Waals surface area contributed by atoms with E-state index in [1.54, 1.807) is 17.8 Å². The number of hydrogen-bond donors (Lipinski definition) is 1. The summed E-state index contributed by atoms with van der Waals surface area (Å²) in [5.74, 6) is 0.996. The van der Waals surface area contributed by atoms with Crippen LogP contribution < -0.4 is 10.3 Å². The van der Waals surface area contributed by atoms with Crippen molar-refractivity contribution in [3.8, 4) is 17.1 Å². The summed E-state index contributed by atoms with van der Waals surface area (Å²) in [6.45, 7) is 6.42. The molecule has 0 saturated heterocycles. The first-order chi connectivity index (χ1) is 16.2. The van der Waals surface area contributed by atoms with Crippen LogP contribution in [0.5, 0.6) is 5.75 Å². The first-order valence-electron chi connectivity index (χ1n) is 11.8. The van der Waals surface area contributed by atoms with Gasteiger partial charge in [-0.25, -0.2) is 9.97 Å². The van der Waals surface area contributed by atoms with E-state index in [0.29, 0.717) is 35.8 Å². The van der Waals surface area contributed by atoms with Crippen molar-refractivity contribution >= 4 is 21.3 Å². The van der Waals surface area contributed by atoms with Gasteiger partial charge in [0.1, 0.15) is 11.6 Å². The van der Waals surface area contributed by atoms with Gasteiger partial charge in [0.25, 0.3) is 15.7 Å². The van der Waals surface area contributed by atoms with Crippen molar-refractivity contribution in [2.75, 3.05) is 12.9 Å². The quantitative estimate of drug-likeness (QED) is 0.278. The number of ether oxygens (including phenoxy) is 1. The molecule has 34 heavy (non-hydrogen) atoms. The maximum atomic E-state index is 12.9. The van der Waals surface area contributed by atoms with E-state index in [1.807, 2.05) is 31.2 Å². The zero-order valence-corrected chi connectivity index (χ0v) is 21.1. The molecule has 0 radical (unpaired) electrons. The molecule has 1 N–H and O–H groups in total. The number of benzene rings is 1. The Morgan fingerprint density at radius 3 is 2.59 bits per heavy atom. The highest BCUT2D eigenvalue weighted by molar-refractivity contribution is 7.86. The van der Waals surface area contributed by atoms with Crippen LogP contribution in [0.2, 0.25) is 0 Å². The molecule has 0 amide bonds. The molecule has 2 unspecified atom stereocenters. The lowest BCUT2D eigenvalue weighted by atomic mass is 10.0. The van der Waals surface area contributed by atoms with Gasteiger partial charge in [0.05, 0.1) is 36.9 Å². The van der Waals surface area contributed by atoms with Crippen molar-refractivity contribution in [2.45, 2.75) is 71.4 Å². The fourth-order valence-corrected chi connectivity index (χ4v) is 4.70. The number of aromatic amines is 1. The molecule has 186 valence electrons. The van der Waals surface area contributed by atoms with Gasteiger partial charge in [-0.05, 0) is 31.9 Å². The molecule has 3 rings (SSSR count). The fraction of sp³-hybridized carbons (Fsp3) is 0.542. The molecular weight excluding hydrogens is 456 g/mol. The molecule has 0 aliphatic rings. The van der Waals surface area contributed by atoms with Crippen LogP contribution in [0.15, 0.2) is 35.4 Å². The number of imidazole rings is 1. The van der Waals surface area contributed by atoms with Gasteiger partial charge in [-0.3, -0.25) is 8.98 Å².